The average molecular weight is 501 g/mol. The number of thiazole rings is 1. The largest absolute Gasteiger partial charge is 0.494 e. The fourth-order valence-electron chi connectivity index (χ4n) is 3.67. The molecule has 2 aromatic carbocycles. The topological polar surface area (TPSA) is 133 Å². The number of fused-ring (bicyclic) bond motifs is 1. The maximum atomic E-state index is 12.1. The van der Waals surface area contributed by atoms with Crippen molar-refractivity contribution in [1.82, 2.24) is 24.7 Å². The predicted octanol–water partition coefficient (Wildman–Crippen LogP) is 5.13. The van der Waals surface area contributed by atoms with Crippen LogP contribution >= 0.6 is 11.3 Å². The molecule has 0 spiro atoms. The molecule has 0 saturated carbocycles. The predicted molar refractivity (Wildman–Crippen MR) is 141 cm³/mol. The number of hydrogen-bond donors (Lipinski definition) is 3. The van der Waals surface area contributed by atoms with Gasteiger partial charge in [-0.25, -0.2) is 9.97 Å². The van der Waals surface area contributed by atoms with Gasteiger partial charge in [-0.1, -0.05) is 18.2 Å². The Balaban J connectivity index is 1.51. The molecule has 5 rings (SSSR count). The van der Waals surface area contributed by atoms with Crippen LogP contribution in [0.15, 0.2) is 61.1 Å². The molecule has 1 amide bonds. The smallest absolute Gasteiger partial charge is 0.254 e. The Kier molecular flexibility index (Phi) is 6.21. The number of carbonyl (C=O) groups is 1. The number of amides is 1. The number of carbonyl (C=O) groups excluding carboxylic acids is 1. The molecule has 36 heavy (non-hydrogen) atoms. The molecule has 0 unspecified atom stereocenters. The SMILES string of the molecule is COc1c(Nc2nc(Nc3cnn(C(C)C)c3)ncc2C(N)=O)cccc1-c1nc2ccccc2s1. The van der Waals surface area contributed by atoms with Crippen LogP contribution < -0.4 is 21.1 Å². The van der Waals surface area contributed by atoms with Crippen LogP contribution in [0, 0.1) is 0 Å². The summed E-state index contributed by atoms with van der Waals surface area (Å²) in [7, 11) is 1.59. The third-order valence-electron chi connectivity index (χ3n) is 5.44. The molecule has 0 bridgehead atoms. The van der Waals surface area contributed by atoms with Gasteiger partial charge in [0, 0.05) is 18.4 Å². The van der Waals surface area contributed by atoms with Gasteiger partial charge in [0.1, 0.15) is 16.4 Å². The van der Waals surface area contributed by atoms with Crippen molar-refractivity contribution in [1.29, 1.82) is 0 Å². The first-order valence-corrected chi connectivity index (χ1v) is 12.0. The second-order valence-corrected chi connectivity index (χ2v) is 9.28. The van der Waals surface area contributed by atoms with Crippen molar-refractivity contribution >= 4 is 50.6 Å². The summed E-state index contributed by atoms with van der Waals surface area (Å²) >= 11 is 1.57. The van der Waals surface area contributed by atoms with E-state index in [0.717, 1.165) is 26.5 Å². The highest BCUT2D eigenvalue weighted by molar-refractivity contribution is 7.21. The van der Waals surface area contributed by atoms with Crippen LogP contribution in [0.2, 0.25) is 0 Å². The van der Waals surface area contributed by atoms with Crippen molar-refractivity contribution in [3.05, 3.63) is 66.6 Å². The summed E-state index contributed by atoms with van der Waals surface area (Å²) < 4.78 is 8.67. The number of primary amides is 1. The molecule has 0 aliphatic rings. The Morgan fingerprint density at radius 2 is 1.92 bits per heavy atom. The zero-order chi connectivity index (χ0) is 25.2. The van der Waals surface area contributed by atoms with E-state index >= 15 is 0 Å². The number of rotatable bonds is 8. The Labute approximate surface area is 211 Å². The molecule has 4 N–H and O–H groups in total. The van der Waals surface area contributed by atoms with Crippen LogP contribution in [-0.4, -0.2) is 37.7 Å². The van der Waals surface area contributed by atoms with Crippen molar-refractivity contribution in [3.63, 3.8) is 0 Å². The molecule has 3 aromatic heterocycles. The van der Waals surface area contributed by atoms with Gasteiger partial charge in [-0.3, -0.25) is 9.48 Å². The third kappa shape index (κ3) is 4.56. The second kappa shape index (κ2) is 9.62. The van der Waals surface area contributed by atoms with E-state index in [1.807, 2.05) is 67.2 Å². The minimum atomic E-state index is -0.655. The summed E-state index contributed by atoms with van der Waals surface area (Å²) in [4.78, 5) is 25.6. The molecule has 0 fully saturated rings. The Morgan fingerprint density at radius 3 is 2.64 bits per heavy atom. The van der Waals surface area contributed by atoms with Crippen molar-refractivity contribution in [2.24, 2.45) is 5.73 Å². The molecule has 0 saturated heterocycles. The van der Waals surface area contributed by atoms with Crippen molar-refractivity contribution in [3.8, 4) is 16.3 Å². The van der Waals surface area contributed by atoms with Gasteiger partial charge in [0.15, 0.2) is 5.75 Å². The van der Waals surface area contributed by atoms with Gasteiger partial charge in [0.2, 0.25) is 5.95 Å². The molecule has 10 nitrogen and oxygen atoms in total. The summed E-state index contributed by atoms with van der Waals surface area (Å²) in [6, 6.07) is 13.8. The first-order valence-electron chi connectivity index (χ1n) is 11.2. The van der Waals surface area contributed by atoms with Gasteiger partial charge in [-0.15, -0.1) is 11.3 Å². The molecular weight excluding hydrogens is 476 g/mol. The van der Waals surface area contributed by atoms with Gasteiger partial charge in [0.05, 0.1) is 40.5 Å². The highest BCUT2D eigenvalue weighted by Gasteiger charge is 2.18. The summed E-state index contributed by atoms with van der Waals surface area (Å²) in [5, 5.41) is 11.5. The summed E-state index contributed by atoms with van der Waals surface area (Å²) in [6.45, 7) is 4.07. The van der Waals surface area contributed by atoms with E-state index in [1.165, 1.54) is 6.20 Å². The van der Waals surface area contributed by atoms with E-state index in [2.05, 4.69) is 25.7 Å². The number of benzene rings is 2. The molecule has 11 heteroatoms. The zero-order valence-electron chi connectivity index (χ0n) is 19.9. The fraction of sp³-hybridized carbons (Fsp3) is 0.160. The quantitative estimate of drug-likeness (QED) is 0.267. The van der Waals surface area contributed by atoms with Crippen LogP contribution in [0.25, 0.3) is 20.8 Å². The Morgan fingerprint density at radius 1 is 1.08 bits per heavy atom. The van der Waals surface area contributed by atoms with Crippen LogP contribution in [0.4, 0.5) is 23.1 Å². The van der Waals surface area contributed by atoms with Crippen molar-refractivity contribution in [2.45, 2.75) is 19.9 Å². The number of nitrogens with one attached hydrogen (secondary N) is 2. The minimum absolute atomic E-state index is 0.144. The van der Waals surface area contributed by atoms with Gasteiger partial charge in [-0.05, 0) is 38.1 Å². The fourth-order valence-corrected chi connectivity index (χ4v) is 4.66. The molecule has 0 aliphatic heterocycles. The number of nitrogens with two attached hydrogens (primary N) is 1. The molecule has 0 aliphatic carbocycles. The van der Waals surface area contributed by atoms with Gasteiger partial charge in [0.25, 0.3) is 5.91 Å². The molecule has 0 radical (unpaired) electrons. The van der Waals surface area contributed by atoms with Crippen LogP contribution in [0.1, 0.15) is 30.2 Å². The number of aromatic nitrogens is 5. The lowest BCUT2D eigenvalue weighted by Gasteiger charge is -2.15. The number of ether oxygens (including phenoxy) is 1. The second-order valence-electron chi connectivity index (χ2n) is 8.25. The maximum Gasteiger partial charge on any atom is 0.254 e. The normalized spacial score (nSPS) is 11.1. The Bertz CT molecular complexity index is 1530. The summed E-state index contributed by atoms with van der Waals surface area (Å²) in [6.07, 6.45) is 4.92. The lowest BCUT2D eigenvalue weighted by atomic mass is 10.1. The van der Waals surface area contributed by atoms with Crippen molar-refractivity contribution in [2.75, 3.05) is 17.7 Å². The van der Waals surface area contributed by atoms with E-state index < -0.39 is 5.91 Å². The number of anilines is 4. The number of para-hydroxylation sites is 2. The van der Waals surface area contributed by atoms with Gasteiger partial charge < -0.3 is 21.1 Å². The first-order chi connectivity index (χ1) is 17.4. The standard InChI is InChI=1S/C25H24N8O2S/c1-14(2)33-13-15(11-28-33)29-25-27-12-17(22(26)34)23(32-25)30-19-9-6-7-16(21(19)35-3)24-31-18-8-4-5-10-20(18)36-24/h4-14H,1-3H3,(H2,26,34)(H2,27,29,30,32). The van der Waals surface area contributed by atoms with Crippen LogP contribution in [0.5, 0.6) is 5.75 Å². The summed E-state index contributed by atoms with van der Waals surface area (Å²) in [5.41, 5.74) is 8.81. The minimum Gasteiger partial charge on any atom is -0.494 e. The number of hydrogen-bond acceptors (Lipinski definition) is 9. The van der Waals surface area contributed by atoms with Gasteiger partial charge in [-0.2, -0.15) is 10.1 Å². The highest BCUT2D eigenvalue weighted by Crippen LogP contribution is 2.41. The van der Waals surface area contributed by atoms with E-state index in [4.69, 9.17) is 15.5 Å². The van der Waals surface area contributed by atoms with Crippen molar-refractivity contribution < 1.29 is 9.53 Å². The van der Waals surface area contributed by atoms with E-state index in [9.17, 15) is 4.79 Å². The van der Waals surface area contributed by atoms with E-state index in [0.29, 0.717) is 11.4 Å². The zero-order valence-corrected chi connectivity index (χ0v) is 20.7. The third-order valence-corrected chi connectivity index (χ3v) is 6.51. The molecule has 0 atom stereocenters. The molecular formula is C25H24N8O2S. The van der Waals surface area contributed by atoms with E-state index in [-0.39, 0.29) is 23.4 Å². The average Bonchev–Trinajstić information content (AvgIpc) is 3.51. The van der Waals surface area contributed by atoms with Crippen LogP contribution in [0.3, 0.4) is 0 Å². The summed E-state index contributed by atoms with van der Waals surface area (Å²) in [5.74, 6) is 0.444. The molecule has 3 heterocycles. The number of methoxy groups -OCH3 is 1. The lowest BCUT2D eigenvalue weighted by molar-refractivity contribution is 0.100. The molecule has 5 aromatic rings. The monoisotopic (exact) mass is 500 g/mol. The van der Waals surface area contributed by atoms with Gasteiger partial charge >= 0.3 is 0 Å². The molecule has 182 valence electrons. The maximum absolute atomic E-state index is 12.1. The Hall–Kier alpha value is -4.51. The first kappa shape index (κ1) is 23.2. The number of nitrogens with zero attached hydrogens (tertiary/aromatic N) is 5. The van der Waals surface area contributed by atoms with Crippen LogP contribution in [-0.2, 0) is 0 Å². The highest BCUT2D eigenvalue weighted by atomic mass is 32.1. The van der Waals surface area contributed by atoms with E-state index in [1.54, 1.807) is 24.6 Å². The lowest BCUT2D eigenvalue weighted by Crippen LogP contribution is -2.16.